The van der Waals surface area contributed by atoms with E-state index in [1.54, 1.807) is 18.7 Å². The van der Waals surface area contributed by atoms with E-state index in [-0.39, 0.29) is 23.3 Å². The van der Waals surface area contributed by atoms with Gasteiger partial charge < -0.3 is 20.3 Å². The van der Waals surface area contributed by atoms with Crippen molar-refractivity contribution in [1.82, 2.24) is 25.0 Å². The fraction of sp³-hybridized carbons (Fsp3) is 0.606. The average Bonchev–Trinajstić information content (AvgIpc) is 3.63. The predicted octanol–water partition coefficient (Wildman–Crippen LogP) is 3.58. The lowest BCUT2D eigenvalue weighted by Gasteiger charge is -2.49. The van der Waals surface area contributed by atoms with Crippen LogP contribution in [0.4, 0.5) is 0 Å². The maximum atomic E-state index is 14.5. The summed E-state index contributed by atoms with van der Waals surface area (Å²) < 4.78 is 7.44. The average molecular weight is 669 g/mol. The normalized spacial score (nSPS) is 35.0. The first kappa shape index (κ1) is 30.0. The molecule has 1 aliphatic carbocycles. The Hall–Kier alpha value is -2.73. The van der Waals surface area contributed by atoms with Gasteiger partial charge in [0.2, 0.25) is 17.5 Å². The summed E-state index contributed by atoms with van der Waals surface area (Å²) in [6, 6.07) is 4.65. The van der Waals surface area contributed by atoms with E-state index < -0.39 is 41.5 Å². The van der Waals surface area contributed by atoms with Crippen LogP contribution in [-0.2, 0) is 25.5 Å². The molecule has 7 rings (SSSR count). The fourth-order valence-corrected chi connectivity index (χ4v) is 8.96. The summed E-state index contributed by atoms with van der Waals surface area (Å²) in [6.07, 6.45) is 4.45. The van der Waals surface area contributed by atoms with Crippen LogP contribution >= 0.6 is 15.9 Å². The van der Waals surface area contributed by atoms with E-state index in [2.05, 4.69) is 50.2 Å². The number of fused-ring (bicyclic) bond motifs is 5. The quantitative estimate of drug-likeness (QED) is 0.449. The molecular formula is C33H42BrN5O5. The number of aromatic amines is 1. The van der Waals surface area contributed by atoms with Crippen LogP contribution in [0.25, 0.3) is 16.5 Å². The van der Waals surface area contributed by atoms with Crippen molar-refractivity contribution in [3.05, 3.63) is 40.0 Å². The lowest BCUT2D eigenvalue weighted by Crippen LogP contribution is -2.71. The van der Waals surface area contributed by atoms with Crippen molar-refractivity contribution in [1.29, 1.82) is 0 Å². The summed E-state index contributed by atoms with van der Waals surface area (Å²) in [4.78, 5) is 51.0. The molecule has 0 unspecified atom stereocenters. The first-order chi connectivity index (χ1) is 20.7. The van der Waals surface area contributed by atoms with Gasteiger partial charge in [-0.25, -0.2) is 0 Å². The predicted molar refractivity (Wildman–Crippen MR) is 169 cm³/mol. The van der Waals surface area contributed by atoms with E-state index in [1.165, 1.54) is 10.5 Å². The van der Waals surface area contributed by atoms with E-state index in [1.807, 2.05) is 33.0 Å². The van der Waals surface area contributed by atoms with Crippen LogP contribution in [0, 0.1) is 17.8 Å². The molecule has 10 nitrogen and oxygen atoms in total. The van der Waals surface area contributed by atoms with Gasteiger partial charge in [-0.2, -0.15) is 0 Å². The molecule has 0 saturated carbocycles. The summed E-state index contributed by atoms with van der Waals surface area (Å²) >= 11 is 3.72. The van der Waals surface area contributed by atoms with Crippen molar-refractivity contribution in [3.8, 4) is 0 Å². The van der Waals surface area contributed by atoms with Crippen LogP contribution in [0.2, 0.25) is 0 Å². The molecule has 4 aliphatic heterocycles. The third-order valence-corrected chi connectivity index (χ3v) is 11.5. The Morgan fingerprint density at radius 1 is 1.25 bits per heavy atom. The number of hydrogen-bond donors (Lipinski definition) is 3. The number of aromatic nitrogens is 1. The molecule has 0 radical (unpaired) electrons. The van der Waals surface area contributed by atoms with E-state index in [9.17, 15) is 19.5 Å². The van der Waals surface area contributed by atoms with Gasteiger partial charge >= 0.3 is 0 Å². The van der Waals surface area contributed by atoms with Gasteiger partial charge in [-0.3, -0.25) is 28.9 Å². The molecule has 3 fully saturated rings. The molecule has 1 aromatic heterocycles. The molecule has 6 atom stereocenters. The van der Waals surface area contributed by atoms with Gasteiger partial charge in [-0.15, -0.1) is 0 Å². The first-order valence-electron chi connectivity index (χ1n) is 15.8. The number of likely N-dealkylation sites (N-methyl/N-ethyl adjacent to an activating group) is 1. The molecule has 44 heavy (non-hydrogen) atoms. The van der Waals surface area contributed by atoms with Gasteiger partial charge in [0, 0.05) is 35.4 Å². The second-order valence-electron chi connectivity index (χ2n) is 14.3. The molecule has 1 aromatic carbocycles. The van der Waals surface area contributed by atoms with Crippen molar-refractivity contribution in [2.24, 2.45) is 17.8 Å². The van der Waals surface area contributed by atoms with Crippen LogP contribution in [0.1, 0.15) is 65.0 Å². The van der Waals surface area contributed by atoms with E-state index >= 15 is 0 Å². The van der Waals surface area contributed by atoms with Crippen LogP contribution in [0.3, 0.4) is 0 Å². The second kappa shape index (κ2) is 9.88. The molecule has 11 heteroatoms. The number of amides is 3. The largest absolute Gasteiger partial charge is 0.349 e. The molecule has 5 aliphatic rings. The third-order valence-electron chi connectivity index (χ3n) is 10.9. The first-order valence-corrected chi connectivity index (χ1v) is 16.6. The molecule has 0 spiro atoms. The van der Waals surface area contributed by atoms with Gasteiger partial charge in [0.25, 0.3) is 11.8 Å². The Balaban J connectivity index is 1.26. The molecular weight excluding hydrogens is 626 g/mol. The maximum Gasteiger partial charge on any atom is 0.281 e. The summed E-state index contributed by atoms with van der Waals surface area (Å²) in [6.45, 7) is 10.8. The molecule has 5 heterocycles. The lowest BCUT2D eigenvalue weighted by atomic mass is 9.71. The Morgan fingerprint density at radius 3 is 2.70 bits per heavy atom. The minimum atomic E-state index is -2.02. The summed E-state index contributed by atoms with van der Waals surface area (Å²) in [5.74, 6) is -4.06. The van der Waals surface area contributed by atoms with Gasteiger partial charge in [-0.1, -0.05) is 45.9 Å². The van der Waals surface area contributed by atoms with Crippen molar-refractivity contribution in [3.63, 3.8) is 0 Å². The zero-order valence-electron chi connectivity index (χ0n) is 26.2. The number of aliphatic hydroxyl groups is 1. The number of piperazine rings is 1. The lowest BCUT2D eigenvalue weighted by molar-refractivity contribution is -0.322. The number of hydrogen-bond acceptors (Lipinski definition) is 6. The van der Waals surface area contributed by atoms with Gasteiger partial charge in [-0.05, 0) is 84.3 Å². The SMILES string of the molecule is CC(C)C[C@H]1C(=O)N2CCC[C@H]2[C@]2(O)O[C@](NC(=O)[C@@H]3C=C4c5cccc6[nH]c(Br)c(c56)C[C@@]4(C)N(C)C3)(C(C)C)C(=O)N12. The van der Waals surface area contributed by atoms with Crippen LogP contribution in [0.5, 0.6) is 0 Å². The van der Waals surface area contributed by atoms with Crippen LogP contribution < -0.4 is 5.32 Å². The standard InChI is InChI=1S/C33H42BrN5O5/c1-17(2)13-24-29(41)38-12-8-11-25(38)33(43)39(24)30(42)32(44-33,18(3)4)36-28(40)19-14-22-20-9-7-10-23-26(20)21(27(34)35-23)15-31(22,5)37(6)16-19/h7,9-10,14,17-19,24-25,35,43H,8,11-13,15-16H2,1-6H3,(H,36,40)/t19-,24+,25+,31-,32-,33+/m1/s1. The van der Waals surface area contributed by atoms with Crippen LogP contribution in [0.15, 0.2) is 28.9 Å². The smallest absolute Gasteiger partial charge is 0.281 e. The van der Waals surface area contributed by atoms with Crippen LogP contribution in [-0.4, -0.2) is 91.9 Å². The maximum absolute atomic E-state index is 14.5. The highest BCUT2D eigenvalue weighted by Crippen LogP contribution is 2.50. The Morgan fingerprint density at radius 2 is 2.00 bits per heavy atom. The Labute approximate surface area is 266 Å². The number of ether oxygens (including phenoxy) is 1. The molecule has 3 N–H and O–H groups in total. The number of H-pyrrole nitrogens is 1. The van der Waals surface area contributed by atoms with Crippen molar-refractivity contribution >= 4 is 50.1 Å². The number of carbonyl (C=O) groups excluding carboxylic acids is 3. The monoisotopic (exact) mass is 667 g/mol. The Kier molecular flexibility index (Phi) is 6.73. The number of nitrogens with one attached hydrogen (secondary N) is 2. The van der Waals surface area contributed by atoms with E-state index in [0.29, 0.717) is 32.4 Å². The highest BCUT2D eigenvalue weighted by Gasteiger charge is 2.72. The van der Waals surface area contributed by atoms with Gasteiger partial charge in [0.15, 0.2) is 0 Å². The Bertz CT molecular complexity index is 1620. The minimum absolute atomic E-state index is 0.101. The van der Waals surface area contributed by atoms with Crippen molar-refractivity contribution in [2.45, 2.75) is 89.6 Å². The molecule has 236 valence electrons. The topological polar surface area (TPSA) is 118 Å². The van der Waals surface area contributed by atoms with Gasteiger partial charge in [0.1, 0.15) is 12.1 Å². The number of rotatable bonds is 5. The summed E-state index contributed by atoms with van der Waals surface area (Å²) in [7, 11) is 2.04. The third kappa shape index (κ3) is 3.91. The van der Waals surface area contributed by atoms with Crippen molar-refractivity contribution in [2.75, 3.05) is 20.1 Å². The van der Waals surface area contributed by atoms with Gasteiger partial charge in [0.05, 0.1) is 10.5 Å². The number of benzene rings is 1. The minimum Gasteiger partial charge on any atom is -0.349 e. The summed E-state index contributed by atoms with van der Waals surface area (Å²) in [5.41, 5.74) is 2.29. The number of carbonyl (C=O) groups is 3. The number of halogens is 1. The zero-order chi connectivity index (χ0) is 31.5. The van der Waals surface area contributed by atoms with Crippen molar-refractivity contribution < 1.29 is 24.2 Å². The summed E-state index contributed by atoms with van der Waals surface area (Å²) in [5, 5.41) is 16.4. The molecule has 3 saturated heterocycles. The molecule has 3 amide bonds. The second-order valence-corrected chi connectivity index (χ2v) is 15.1. The van der Waals surface area contributed by atoms with E-state index in [4.69, 9.17) is 4.74 Å². The number of nitrogens with zero attached hydrogens (tertiary/aromatic N) is 3. The van der Waals surface area contributed by atoms with E-state index in [0.717, 1.165) is 33.1 Å². The highest BCUT2D eigenvalue weighted by molar-refractivity contribution is 9.10. The highest BCUT2D eigenvalue weighted by atomic mass is 79.9. The molecule has 0 bridgehead atoms. The fourth-order valence-electron chi connectivity index (χ4n) is 8.41. The zero-order valence-corrected chi connectivity index (χ0v) is 27.8. The molecule has 2 aromatic rings.